The highest BCUT2D eigenvalue weighted by Gasteiger charge is 2.19. The number of aliphatic hydroxyl groups is 1. The van der Waals surface area contributed by atoms with E-state index in [2.05, 4.69) is 10.4 Å². The number of aliphatic hydroxyl groups excluding tert-OH is 1. The van der Waals surface area contributed by atoms with Gasteiger partial charge in [0.05, 0.1) is 12.3 Å². The Labute approximate surface area is 83.9 Å². The maximum absolute atomic E-state index is 9.90. The molecule has 1 saturated heterocycles. The monoisotopic (exact) mass is 195 g/mol. The van der Waals surface area contributed by atoms with E-state index in [-0.39, 0.29) is 6.10 Å². The summed E-state index contributed by atoms with van der Waals surface area (Å²) in [6.45, 7) is 1.09. The first-order chi connectivity index (χ1) is 6.75. The van der Waals surface area contributed by atoms with Crippen LogP contribution in [0.15, 0.2) is 12.4 Å². The van der Waals surface area contributed by atoms with Crippen molar-refractivity contribution in [1.29, 1.82) is 0 Å². The minimum absolute atomic E-state index is 0.376. The average Bonchev–Trinajstić information content (AvgIpc) is 2.75. The normalized spacial score (nSPS) is 24.0. The zero-order valence-corrected chi connectivity index (χ0v) is 8.48. The van der Waals surface area contributed by atoms with Gasteiger partial charge in [-0.25, -0.2) is 0 Å². The van der Waals surface area contributed by atoms with E-state index >= 15 is 0 Å². The number of nitrogens with one attached hydrogen (secondary N) is 1. The lowest BCUT2D eigenvalue weighted by Gasteiger charge is -2.14. The molecule has 4 nitrogen and oxygen atoms in total. The van der Waals surface area contributed by atoms with Crippen molar-refractivity contribution < 1.29 is 5.11 Å². The van der Waals surface area contributed by atoms with Gasteiger partial charge in [-0.1, -0.05) is 0 Å². The van der Waals surface area contributed by atoms with Gasteiger partial charge in [-0.2, -0.15) is 5.10 Å². The minimum Gasteiger partial charge on any atom is -0.388 e. The zero-order chi connectivity index (χ0) is 9.97. The number of hydrogen-bond donors (Lipinski definition) is 2. The van der Waals surface area contributed by atoms with E-state index in [9.17, 15) is 5.11 Å². The smallest absolute Gasteiger partial charge is 0.0835 e. The van der Waals surface area contributed by atoms with Crippen molar-refractivity contribution in [2.75, 3.05) is 6.54 Å². The molecule has 2 heterocycles. The summed E-state index contributed by atoms with van der Waals surface area (Å²) in [4.78, 5) is 0. The minimum atomic E-state index is -0.376. The fourth-order valence-electron chi connectivity index (χ4n) is 1.98. The summed E-state index contributed by atoms with van der Waals surface area (Å²) in [5.41, 5.74) is 0.918. The van der Waals surface area contributed by atoms with Crippen molar-refractivity contribution in [3.8, 4) is 0 Å². The van der Waals surface area contributed by atoms with Crippen LogP contribution in [0, 0.1) is 0 Å². The molecule has 0 aromatic carbocycles. The summed E-state index contributed by atoms with van der Waals surface area (Å²) >= 11 is 0. The standard InChI is InChI=1S/C10H17N3O/c1-13-7-8(6-12-13)10(14)5-9-3-2-4-11-9/h6-7,9-11,14H,2-5H2,1H3/t9-,10+/m1/s1. The van der Waals surface area contributed by atoms with Crippen LogP contribution in [0.5, 0.6) is 0 Å². The second-order valence-electron chi connectivity index (χ2n) is 3.99. The van der Waals surface area contributed by atoms with Crippen molar-refractivity contribution in [2.24, 2.45) is 7.05 Å². The van der Waals surface area contributed by atoms with Crippen LogP contribution in [0.2, 0.25) is 0 Å². The van der Waals surface area contributed by atoms with Crippen molar-refractivity contribution in [2.45, 2.75) is 31.4 Å². The molecule has 2 rings (SSSR count). The summed E-state index contributed by atoms with van der Waals surface area (Å²) in [6.07, 6.45) is 6.44. The van der Waals surface area contributed by atoms with E-state index in [1.807, 2.05) is 13.2 Å². The fraction of sp³-hybridized carbons (Fsp3) is 0.700. The first-order valence-corrected chi connectivity index (χ1v) is 5.15. The zero-order valence-electron chi connectivity index (χ0n) is 8.48. The molecule has 1 aliphatic heterocycles. The van der Waals surface area contributed by atoms with Gasteiger partial charge in [0, 0.05) is 24.8 Å². The van der Waals surface area contributed by atoms with Gasteiger partial charge in [-0.15, -0.1) is 0 Å². The summed E-state index contributed by atoms with van der Waals surface area (Å²) in [5, 5.41) is 17.3. The lowest BCUT2D eigenvalue weighted by molar-refractivity contribution is 0.154. The van der Waals surface area contributed by atoms with Crippen molar-refractivity contribution in [1.82, 2.24) is 15.1 Å². The molecule has 0 unspecified atom stereocenters. The Morgan fingerprint density at radius 3 is 3.21 bits per heavy atom. The maximum atomic E-state index is 9.90. The highest BCUT2D eigenvalue weighted by molar-refractivity contribution is 5.08. The summed E-state index contributed by atoms with van der Waals surface area (Å²) in [6, 6.07) is 0.477. The van der Waals surface area contributed by atoms with Crippen LogP contribution in [0.4, 0.5) is 0 Å². The van der Waals surface area contributed by atoms with Gasteiger partial charge in [0.25, 0.3) is 0 Å². The molecule has 1 aromatic heterocycles. The van der Waals surface area contributed by atoms with Crippen molar-refractivity contribution >= 4 is 0 Å². The number of rotatable bonds is 3. The summed E-state index contributed by atoms with van der Waals surface area (Å²) in [7, 11) is 1.87. The third kappa shape index (κ3) is 2.13. The highest BCUT2D eigenvalue weighted by atomic mass is 16.3. The number of aromatic nitrogens is 2. The molecule has 0 spiro atoms. The molecule has 0 saturated carbocycles. The Kier molecular flexibility index (Phi) is 2.84. The molecule has 2 atom stereocenters. The van der Waals surface area contributed by atoms with Crippen LogP contribution >= 0.6 is 0 Å². The van der Waals surface area contributed by atoms with E-state index in [1.54, 1.807) is 10.9 Å². The molecule has 2 N–H and O–H groups in total. The first kappa shape index (κ1) is 9.68. The predicted molar refractivity (Wildman–Crippen MR) is 53.8 cm³/mol. The van der Waals surface area contributed by atoms with Crippen LogP contribution < -0.4 is 5.32 Å². The molecule has 1 aliphatic rings. The van der Waals surface area contributed by atoms with E-state index in [1.165, 1.54) is 12.8 Å². The third-order valence-electron chi connectivity index (χ3n) is 2.78. The van der Waals surface area contributed by atoms with Crippen LogP contribution in [-0.2, 0) is 7.05 Å². The van der Waals surface area contributed by atoms with E-state index < -0.39 is 0 Å². The Morgan fingerprint density at radius 1 is 1.79 bits per heavy atom. The Balaban J connectivity index is 1.91. The molecule has 4 heteroatoms. The maximum Gasteiger partial charge on any atom is 0.0835 e. The number of nitrogens with zero attached hydrogens (tertiary/aromatic N) is 2. The van der Waals surface area contributed by atoms with Crippen LogP contribution in [0.1, 0.15) is 30.9 Å². The van der Waals surface area contributed by atoms with Gasteiger partial charge in [-0.05, 0) is 25.8 Å². The first-order valence-electron chi connectivity index (χ1n) is 5.15. The quantitative estimate of drug-likeness (QED) is 0.742. The van der Waals surface area contributed by atoms with Crippen LogP contribution in [0.25, 0.3) is 0 Å². The Hall–Kier alpha value is -0.870. The molecule has 0 amide bonds. The lowest BCUT2D eigenvalue weighted by atomic mass is 10.0. The van der Waals surface area contributed by atoms with Crippen molar-refractivity contribution in [3.05, 3.63) is 18.0 Å². The van der Waals surface area contributed by atoms with Gasteiger partial charge in [0.15, 0.2) is 0 Å². The summed E-state index contributed by atoms with van der Waals surface area (Å²) in [5.74, 6) is 0. The van der Waals surface area contributed by atoms with E-state index in [4.69, 9.17) is 0 Å². The Morgan fingerprint density at radius 2 is 2.64 bits per heavy atom. The fourth-order valence-corrected chi connectivity index (χ4v) is 1.98. The van der Waals surface area contributed by atoms with Gasteiger partial charge in [0.1, 0.15) is 0 Å². The molecular weight excluding hydrogens is 178 g/mol. The molecule has 14 heavy (non-hydrogen) atoms. The molecule has 0 bridgehead atoms. The topological polar surface area (TPSA) is 50.1 Å². The second kappa shape index (κ2) is 4.11. The molecule has 0 aliphatic carbocycles. The average molecular weight is 195 g/mol. The lowest BCUT2D eigenvalue weighted by Crippen LogP contribution is -2.23. The predicted octanol–water partition coefficient (Wildman–Crippen LogP) is 0.596. The summed E-state index contributed by atoms with van der Waals surface area (Å²) < 4.78 is 1.72. The van der Waals surface area contributed by atoms with Crippen LogP contribution in [-0.4, -0.2) is 27.5 Å². The molecular formula is C10H17N3O. The number of hydrogen-bond acceptors (Lipinski definition) is 3. The third-order valence-corrected chi connectivity index (χ3v) is 2.78. The SMILES string of the molecule is Cn1cc([C@@H](O)C[C@H]2CCCN2)cn1. The van der Waals surface area contributed by atoms with Gasteiger partial charge in [-0.3, -0.25) is 4.68 Å². The Bertz CT molecular complexity index is 291. The largest absolute Gasteiger partial charge is 0.388 e. The van der Waals surface area contributed by atoms with Crippen LogP contribution in [0.3, 0.4) is 0 Å². The molecule has 1 aromatic rings. The van der Waals surface area contributed by atoms with Gasteiger partial charge in [0.2, 0.25) is 0 Å². The molecule has 78 valence electrons. The number of aryl methyl sites for hydroxylation is 1. The second-order valence-corrected chi connectivity index (χ2v) is 3.99. The van der Waals surface area contributed by atoms with E-state index in [0.717, 1.165) is 18.5 Å². The van der Waals surface area contributed by atoms with Crippen molar-refractivity contribution in [3.63, 3.8) is 0 Å². The van der Waals surface area contributed by atoms with Gasteiger partial charge >= 0.3 is 0 Å². The van der Waals surface area contributed by atoms with E-state index in [0.29, 0.717) is 6.04 Å². The van der Waals surface area contributed by atoms with Gasteiger partial charge < -0.3 is 10.4 Å². The molecule has 0 radical (unpaired) electrons. The molecule has 1 fully saturated rings. The highest BCUT2D eigenvalue weighted by Crippen LogP contribution is 2.21.